The van der Waals surface area contributed by atoms with Crippen LogP contribution < -0.4 is 5.32 Å². The van der Waals surface area contributed by atoms with Crippen molar-refractivity contribution in [2.24, 2.45) is 0 Å². The van der Waals surface area contributed by atoms with Crippen molar-refractivity contribution in [2.45, 2.75) is 44.4 Å². The molecule has 12 heavy (non-hydrogen) atoms. The van der Waals surface area contributed by atoms with Crippen LogP contribution in [-0.2, 0) is 0 Å². The highest BCUT2D eigenvalue weighted by molar-refractivity contribution is 6.83. The average Bonchev–Trinajstić information content (AvgIpc) is 2.31. The summed E-state index contributed by atoms with van der Waals surface area (Å²) in [4.78, 5) is 0. The molecular formula is C10H21NSi. The molecule has 1 aliphatic rings. The van der Waals surface area contributed by atoms with Crippen LogP contribution in [0.2, 0.25) is 18.6 Å². The summed E-state index contributed by atoms with van der Waals surface area (Å²) in [6.07, 6.45) is 1.32. The van der Waals surface area contributed by atoms with Crippen LogP contribution in [0.1, 0.15) is 20.3 Å². The fourth-order valence-corrected chi connectivity index (χ4v) is 3.85. The molecule has 1 nitrogen and oxygen atoms in total. The normalized spacial score (nSPS) is 28.8. The SMILES string of the molecule is C=C[Si](C)(C)C1CNC(C)(C)C1. The van der Waals surface area contributed by atoms with Gasteiger partial charge in [0.15, 0.2) is 0 Å². The highest BCUT2D eigenvalue weighted by atomic mass is 28.3. The minimum Gasteiger partial charge on any atom is -0.312 e. The number of hydrogen-bond acceptors (Lipinski definition) is 1. The van der Waals surface area contributed by atoms with Gasteiger partial charge in [0.25, 0.3) is 0 Å². The summed E-state index contributed by atoms with van der Waals surface area (Å²) in [7, 11) is -1.13. The van der Waals surface area contributed by atoms with Crippen LogP contribution in [0, 0.1) is 0 Å². The lowest BCUT2D eigenvalue weighted by atomic mass is 10.0. The highest BCUT2D eigenvalue weighted by Crippen LogP contribution is 2.35. The Kier molecular flexibility index (Phi) is 2.50. The molecule has 1 heterocycles. The van der Waals surface area contributed by atoms with Gasteiger partial charge in [-0.2, -0.15) is 0 Å². The molecule has 1 unspecified atom stereocenters. The average molecular weight is 183 g/mol. The van der Waals surface area contributed by atoms with Crippen molar-refractivity contribution in [1.29, 1.82) is 0 Å². The molecule has 0 aromatic rings. The maximum atomic E-state index is 3.96. The second-order valence-electron chi connectivity index (χ2n) is 5.19. The Bertz CT molecular complexity index is 184. The molecule has 0 radical (unpaired) electrons. The van der Waals surface area contributed by atoms with E-state index in [4.69, 9.17) is 0 Å². The van der Waals surface area contributed by atoms with Gasteiger partial charge in [-0.05, 0) is 32.4 Å². The summed E-state index contributed by atoms with van der Waals surface area (Å²) in [5, 5.41) is 3.57. The van der Waals surface area contributed by atoms with Crippen molar-refractivity contribution in [3.63, 3.8) is 0 Å². The molecule has 0 aliphatic carbocycles. The molecular weight excluding hydrogens is 162 g/mol. The third-order valence-corrected chi connectivity index (χ3v) is 6.73. The Morgan fingerprint density at radius 3 is 2.42 bits per heavy atom. The van der Waals surface area contributed by atoms with Crippen molar-refractivity contribution >= 4 is 8.07 Å². The van der Waals surface area contributed by atoms with E-state index in [1.54, 1.807) is 0 Å². The molecule has 70 valence electrons. The van der Waals surface area contributed by atoms with Crippen LogP contribution in [-0.4, -0.2) is 20.2 Å². The lowest BCUT2D eigenvalue weighted by Gasteiger charge is -2.26. The number of hydrogen-bond donors (Lipinski definition) is 1. The molecule has 0 aromatic carbocycles. The minimum atomic E-state index is -1.13. The Morgan fingerprint density at radius 2 is 2.08 bits per heavy atom. The van der Waals surface area contributed by atoms with Gasteiger partial charge in [0.1, 0.15) is 0 Å². The number of nitrogens with one attached hydrogen (secondary N) is 1. The Morgan fingerprint density at radius 1 is 1.50 bits per heavy atom. The van der Waals surface area contributed by atoms with E-state index >= 15 is 0 Å². The van der Waals surface area contributed by atoms with Gasteiger partial charge in [-0.25, -0.2) is 0 Å². The van der Waals surface area contributed by atoms with Gasteiger partial charge >= 0.3 is 0 Å². The summed E-state index contributed by atoms with van der Waals surface area (Å²) in [6, 6.07) is 0. The largest absolute Gasteiger partial charge is 0.312 e. The van der Waals surface area contributed by atoms with Crippen molar-refractivity contribution in [1.82, 2.24) is 5.32 Å². The first-order valence-corrected chi connectivity index (χ1v) is 7.91. The zero-order chi connectivity index (χ0) is 9.41. The lowest BCUT2D eigenvalue weighted by molar-refractivity contribution is 0.459. The third kappa shape index (κ3) is 1.99. The summed E-state index contributed by atoms with van der Waals surface area (Å²) >= 11 is 0. The molecule has 0 spiro atoms. The topological polar surface area (TPSA) is 12.0 Å². The highest BCUT2D eigenvalue weighted by Gasteiger charge is 2.38. The summed E-state index contributed by atoms with van der Waals surface area (Å²) in [6.45, 7) is 14.6. The lowest BCUT2D eigenvalue weighted by Crippen LogP contribution is -2.31. The maximum absolute atomic E-state index is 3.96. The van der Waals surface area contributed by atoms with Crippen LogP contribution >= 0.6 is 0 Å². The predicted octanol–water partition coefficient (Wildman–Crippen LogP) is 2.56. The molecule has 1 saturated heterocycles. The molecule has 1 rings (SSSR count). The minimum absolute atomic E-state index is 0.359. The van der Waals surface area contributed by atoms with Crippen molar-refractivity contribution in [2.75, 3.05) is 6.54 Å². The van der Waals surface area contributed by atoms with Crippen molar-refractivity contribution < 1.29 is 0 Å². The van der Waals surface area contributed by atoms with E-state index in [0.29, 0.717) is 5.54 Å². The van der Waals surface area contributed by atoms with Gasteiger partial charge < -0.3 is 5.32 Å². The maximum Gasteiger partial charge on any atom is 0.0753 e. The monoisotopic (exact) mass is 183 g/mol. The molecule has 1 N–H and O–H groups in total. The zero-order valence-corrected chi connectivity index (χ0v) is 9.78. The van der Waals surface area contributed by atoms with E-state index in [0.717, 1.165) is 5.54 Å². The summed E-state index contributed by atoms with van der Waals surface area (Å²) < 4.78 is 0. The first-order chi connectivity index (χ1) is 5.37. The fraction of sp³-hybridized carbons (Fsp3) is 0.800. The first kappa shape index (κ1) is 10.0. The Labute approximate surface area is 77.3 Å². The Hall–Kier alpha value is -0.0831. The molecule has 1 fully saturated rings. The Balaban J connectivity index is 2.63. The standard InChI is InChI=1S/C10H21NSi/c1-6-12(4,5)9-7-10(2,3)11-8-9/h6,9,11H,1,7-8H2,2-5H3. The van der Waals surface area contributed by atoms with Gasteiger partial charge in [-0.1, -0.05) is 13.1 Å². The summed E-state index contributed by atoms with van der Waals surface area (Å²) in [5.74, 6) is 0. The zero-order valence-electron chi connectivity index (χ0n) is 8.78. The molecule has 0 aromatic heterocycles. The van der Waals surface area contributed by atoms with E-state index in [2.05, 4.69) is 44.5 Å². The van der Waals surface area contributed by atoms with Crippen LogP contribution in [0.4, 0.5) is 0 Å². The van der Waals surface area contributed by atoms with Gasteiger partial charge in [0.05, 0.1) is 8.07 Å². The van der Waals surface area contributed by atoms with E-state index in [1.165, 1.54) is 13.0 Å². The van der Waals surface area contributed by atoms with Gasteiger partial charge in [0.2, 0.25) is 0 Å². The second kappa shape index (κ2) is 3.00. The molecule has 0 bridgehead atoms. The van der Waals surface area contributed by atoms with E-state index in [-0.39, 0.29) is 0 Å². The fourth-order valence-electron chi connectivity index (χ4n) is 1.85. The smallest absolute Gasteiger partial charge is 0.0753 e. The third-order valence-electron chi connectivity index (χ3n) is 3.16. The molecule has 0 saturated carbocycles. The molecule has 1 aliphatic heterocycles. The van der Waals surface area contributed by atoms with Crippen molar-refractivity contribution in [3.8, 4) is 0 Å². The molecule has 2 heteroatoms. The second-order valence-corrected chi connectivity index (χ2v) is 10.1. The van der Waals surface area contributed by atoms with Crippen LogP contribution in [0.3, 0.4) is 0 Å². The number of rotatable bonds is 2. The van der Waals surface area contributed by atoms with Gasteiger partial charge in [-0.3, -0.25) is 0 Å². The van der Waals surface area contributed by atoms with E-state index < -0.39 is 8.07 Å². The van der Waals surface area contributed by atoms with E-state index in [9.17, 15) is 0 Å². The van der Waals surface area contributed by atoms with Gasteiger partial charge in [0, 0.05) is 5.54 Å². The van der Waals surface area contributed by atoms with Crippen molar-refractivity contribution in [3.05, 3.63) is 12.3 Å². The van der Waals surface area contributed by atoms with E-state index in [1.807, 2.05) is 0 Å². The van der Waals surface area contributed by atoms with Crippen LogP contribution in [0.15, 0.2) is 12.3 Å². The summed E-state index contributed by atoms with van der Waals surface area (Å²) in [5.41, 5.74) is 3.46. The molecule has 0 amide bonds. The van der Waals surface area contributed by atoms with Gasteiger partial charge in [-0.15, -0.1) is 12.3 Å². The quantitative estimate of drug-likeness (QED) is 0.649. The van der Waals surface area contributed by atoms with Crippen LogP contribution in [0.25, 0.3) is 0 Å². The predicted molar refractivity (Wildman–Crippen MR) is 58.1 cm³/mol. The molecule has 1 atom stereocenters. The first-order valence-electron chi connectivity index (χ1n) is 4.76. The van der Waals surface area contributed by atoms with Crippen LogP contribution in [0.5, 0.6) is 0 Å².